The molecule has 1 saturated heterocycles. The molecule has 1 heterocycles. The summed E-state index contributed by atoms with van der Waals surface area (Å²) in [4.78, 5) is 24.6. The van der Waals surface area contributed by atoms with E-state index in [0.717, 1.165) is 25.7 Å². The first-order chi connectivity index (χ1) is 8.09. The van der Waals surface area contributed by atoms with Crippen molar-refractivity contribution in [3.05, 3.63) is 0 Å². The quantitative estimate of drug-likeness (QED) is 0.756. The van der Waals surface area contributed by atoms with Gasteiger partial charge in [-0.25, -0.2) is 0 Å². The molecule has 1 saturated carbocycles. The van der Waals surface area contributed by atoms with E-state index in [1.807, 2.05) is 0 Å². The van der Waals surface area contributed by atoms with Crippen molar-refractivity contribution in [3.8, 4) is 0 Å². The Bertz CT molecular complexity index is 310. The van der Waals surface area contributed by atoms with E-state index in [0.29, 0.717) is 6.42 Å². The van der Waals surface area contributed by atoms with Gasteiger partial charge in [0.15, 0.2) is 0 Å². The molecule has 2 unspecified atom stereocenters. The fraction of sp³-hybridized carbons (Fsp3) is 0.846. The summed E-state index contributed by atoms with van der Waals surface area (Å²) in [5.41, 5.74) is 0. The van der Waals surface area contributed by atoms with Crippen LogP contribution in [0.4, 0.5) is 0 Å². The van der Waals surface area contributed by atoms with Gasteiger partial charge in [-0.2, -0.15) is 0 Å². The normalized spacial score (nSPS) is 28.8. The first kappa shape index (κ1) is 12.6. The zero-order chi connectivity index (χ0) is 12.4. The zero-order valence-corrected chi connectivity index (χ0v) is 10.4. The molecule has 2 atom stereocenters. The van der Waals surface area contributed by atoms with E-state index in [1.54, 1.807) is 6.92 Å². The summed E-state index contributed by atoms with van der Waals surface area (Å²) in [6.07, 6.45) is 5.35. The van der Waals surface area contributed by atoms with E-state index in [1.165, 1.54) is 11.3 Å². The molecule has 2 amide bonds. The van der Waals surface area contributed by atoms with Crippen molar-refractivity contribution < 1.29 is 14.7 Å². The van der Waals surface area contributed by atoms with Crippen LogP contribution in [0.3, 0.4) is 0 Å². The second-order valence-electron chi connectivity index (χ2n) is 5.41. The molecule has 96 valence electrons. The third-order valence-corrected chi connectivity index (χ3v) is 4.03. The Morgan fingerprint density at radius 2 is 1.94 bits per heavy atom. The number of hydrogen-bond donors (Lipinski definition) is 1. The van der Waals surface area contributed by atoms with Crippen LogP contribution in [-0.4, -0.2) is 34.5 Å². The molecule has 0 aromatic carbocycles. The smallest absolute Gasteiger partial charge is 0.232 e. The van der Waals surface area contributed by atoms with Gasteiger partial charge in [-0.1, -0.05) is 26.2 Å². The Hall–Kier alpha value is -0.900. The van der Waals surface area contributed by atoms with Crippen molar-refractivity contribution >= 4 is 11.8 Å². The second kappa shape index (κ2) is 5.17. The van der Waals surface area contributed by atoms with E-state index in [4.69, 9.17) is 0 Å². The number of imide groups is 1. The fourth-order valence-corrected chi connectivity index (χ4v) is 2.90. The first-order valence-electron chi connectivity index (χ1n) is 6.62. The number of nitrogens with zero attached hydrogens (tertiary/aromatic N) is 1. The zero-order valence-electron chi connectivity index (χ0n) is 10.4. The molecular weight excluding hydrogens is 218 g/mol. The largest absolute Gasteiger partial charge is 0.391 e. The van der Waals surface area contributed by atoms with Crippen LogP contribution in [0, 0.1) is 11.8 Å². The molecule has 2 aliphatic rings. The van der Waals surface area contributed by atoms with Crippen molar-refractivity contribution in [1.29, 1.82) is 0 Å². The number of likely N-dealkylation sites (tertiary alicyclic amines) is 1. The van der Waals surface area contributed by atoms with Crippen LogP contribution in [0.2, 0.25) is 0 Å². The number of carbonyl (C=O) groups is 2. The van der Waals surface area contributed by atoms with Gasteiger partial charge < -0.3 is 5.11 Å². The van der Waals surface area contributed by atoms with Crippen LogP contribution >= 0.6 is 0 Å². The lowest BCUT2D eigenvalue weighted by atomic mass is 9.85. The number of rotatable bonds is 3. The van der Waals surface area contributed by atoms with E-state index in [9.17, 15) is 14.7 Å². The Labute approximate surface area is 102 Å². The molecule has 1 aliphatic carbocycles. The van der Waals surface area contributed by atoms with E-state index in [-0.39, 0.29) is 30.2 Å². The van der Waals surface area contributed by atoms with E-state index in [2.05, 4.69) is 0 Å². The average Bonchev–Trinajstić information content (AvgIpc) is 2.57. The van der Waals surface area contributed by atoms with Crippen molar-refractivity contribution in [2.45, 2.75) is 51.6 Å². The third-order valence-electron chi connectivity index (χ3n) is 4.03. The highest BCUT2D eigenvalue weighted by Crippen LogP contribution is 2.28. The molecule has 0 spiro atoms. The molecule has 17 heavy (non-hydrogen) atoms. The number of β-amino-alcohol motifs (C(OH)–C–C–N with tert-alkyl or cyclic N) is 1. The van der Waals surface area contributed by atoms with Crippen LogP contribution in [0.25, 0.3) is 0 Å². The molecule has 0 radical (unpaired) electrons. The van der Waals surface area contributed by atoms with Crippen LogP contribution < -0.4 is 0 Å². The average molecular weight is 239 g/mol. The Morgan fingerprint density at radius 3 is 2.47 bits per heavy atom. The summed E-state index contributed by atoms with van der Waals surface area (Å²) in [7, 11) is 0. The minimum atomic E-state index is -0.534. The lowest BCUT2D eigenvalue weighted by Gasteiger charge is -2.29. The monoisotopic (exact) mass is 239 g/mol. The summed E-state index contributed by atoms with van der Waals surface area (Å²) < 4.78 is 0. The lowest BCUT2D eigenvalue weighted by molar-refractivity contribution is -0.141. The van der Waals surface area contributed by atoms with Crippen LogP contribution in [0.1, 0.15) is 45.4 Å². The lowest BCUT2D eigenvalue weighted by Crippen LogP contribution is -2.40. The molecular formula is C13H21NO3. The molecule has 1 N–H and O–H groups in total. The summed E-state index contributed by atoms with van der Waals surface area (Å²) in [5.74, 6) is -0.191. The summed E-state index contributed by atoms with van der Waals surface area (Å²) >= 11 is 0. The Kier molecular flexibility index (Phi) is 3.82. The Balaban J connectivity index is 1.91. The number of hydrogen-bond acceptors (Lipinski definition) is 3. The van der Waals surface area contributed by atoms with E-state index < -0.39 is 6.10 Å². The van der Waals surface area contributed by atoms with Gasteiger partial charge in [-0.15, -0.1) is 0 Å². The van der Waals surface area contributed by atoms with Gasteiger partial charge in [0.05, 0.1) is 12.6 Å². The number of aliphatic hydroxyl groups excluding tert-OH is 1. The minimum Gasteiger partial charge on any atom is -0.391 e. The Morgan fingerprint density at radius 1 is 1.29 bits per heavy atom. The SMILES string of the molecule is CC1CC(=O)N(CC(O)C2CCCCC2)C1=O. The predicted molar refractivity (Wildman–Crippen MR) is 63.1 cm³/mol. The van der Waals surface area contributed by atoms with Crippen molar-refractivity contribution in [2.24, 2.45) is 11.8 Å². The maximum Gasteiger partial charge on any atom is 0.232 e. The molecule has 0 aromatic heterocycles. The molecule has 0 aromatic rings. The molecule has 0 bridgehead atoms. The highest BCUT2D eigenvalue weighted by Gasteiger charge is 2.37. The van der Waals surface area contributed by atoms with Gasteiger partial charge in [0, 0.05) is 12.3 Å². The first-order valence-corrected chi connectivity index (χ1v) is 6.62. The van der Waals surface area contributed by atoms with Crippen molar-refractivity contribution in [2.75, 3.05) is 6.54 Å². The predicted octanol–water partition coefficient (Wildman–Crippen LogP) is 1.32. The topological polar surface area (TPSA) is 57.6 Å². The highest BCUT2D eigenvalue weighted by molar-refractivity contribution is 6.03. The van der Waals surface area contributed by atoms with Crippen molar-refractivity contribution in [3.63, 3.8) is 0 Å². The summed E-state index contributed by atoms with van der Waals surface area (Å²) in [6, 6.07) is 0. The van der Waals surface area contributed by atoms with Crippen LogP contribution in [0.5, 0.6) is 0 Å². The van der Waals surface area contributed by atoms with Gasteiger partial charge in [-0.05, 0) is 18.8 Å². The van der Waals surface area contributed by atoms with E-state index >= 15 is 0 Å². The number of carbonyl (C=O) groups excluding carboxylic acids is 2. The molecule has 4 nitrogen and oxygen atoms in total. The fourth-order valence-electron chi connectivity index (χ4n) is 2.90. The molecule has 1 aliphatic heterocycles. The second-order valence-corrected chi connectivity index (χ2v) is 5.41. The number of amides is 2. The number of aliphatic hydroxyl groups is 1. The van der Waals surface area contributed by atoms with Crippen molar-refractivity contribution in [1.82, 2.24) is 4.90 Å². The maximum absolute atomic E-state index is 11.7. The van der Waals surface area contributed by atoms with Crippen LogP contribution in [-0.2, 0) is 9.59 Å². The standard InChI is InChI=1S/C13H21NO3/c1-9-7-12(16)14(13(9)17)8-11(15)10-5-3-2-4-6-10/h9-11,15H,2-8H2,1H3. The molecule has 4 heteroatoms. The summed E-state index contributed by atoms with van der Waals surface area (Å²) in [6.45, 7) is 1.97. The molecule has 2 fully saturated rings. The molecule has 2 rings (SSSR count). The van der Waals surface area contributed by atoms with Gasteiger partial charge in [0.25, 0.3) is 0 Å². The maximum atomic E-state index is 11.7. The van der Waals surface area contributed by atoms with Crippen LogP contribution in [0.15, 0.2) is 0 Å². The van der Waals surface area contributed by atoms with Gasteiger partial charge in [0.1, 0.15) is 0 Å². The third kappa shape index (κ3) is 2.68. The summed E-state index contributed by atoms with van der Waals surface area (Å²) in [5, 5.41) is 10.1. The van der Waals surface area contributed by atoms with Gasteiger partial charge >= 0.3 is 0 Å². The van der Waals surface area contributed by atoms with Gasteiger partial charge in [0.2, 0.25) is 11.8 Å². The highest BCUT2D eigenvalue weighted by atomic mass is 16.3. The minimum absolute atomic E-state index is 0.121. The van der Waals surface area contributed by atoms with Gasteiger partial charge in [-0.3, -0.25) is 14.5 Å².